The molecule has 98 valence electrons. The Morgan fingerprint density at radius 3 is 2.74 bits per heavy atom. The maximum Gasteiger partial charge on any atom is 0.264 e. The SMILES string of the molecule is Cc1noc2nc(-c3ccn(C)n3)cc(C(F)F)c12. The molecule has 0 spiro atoms. The lowest BCUT2D eigenvalue weighted by Crippen LogP contribution is -1.94. The van der Waals surface area contributed by atoms with E-state index in [2.05, 4.69) is 15.2 Å². The van der Waals surface area contributed by atoms with E-state index in [4.69, 9.17) is 4.52 Å². The maximum absolute atomic E-state index is 13.1. The third-order valence-corrected chi connectivity index (χ3v) is 2.86. The molecule has 7 heteroatoms. The van der Waals surface area contributed by atoms with E-state index in [9.17, 15) is 8.78 Å². The Hall–Kier alpha value is -2.31. The highest BCUT2D eigenvalue weighted by Gasteiger charge is 2.20. The van der Waals surface area contributed by atoms with E-state index in [0.29, 0.717) is 17.1 Å². The molecule has 0 amide bonds. The first-order valence-electron chi connectivity index (χ1n) is 5.61. The van der Waals surface area contributed by atoms with Crippen LogP contribution in [-0.4, -0.2) is 19.9 Å². The van der Waals surface area contributed by atoms with Gasteiger partial charge in [0, 0.05) is 18.8 Å². The Bertz CT molecular complexity index is 747. The topological polar surface area (TPSA) is 56.7 Å². The van der Waals surface area contributed by atoms with Crippen molar-refractivity contribution in [2.75, 3.05) is 0 Å². The van der Waals surface area contributed by atoms with Gasteiger partial charge in [-0.15, -0.1) is 0 Å². The standard InChI is InChI=1S/C12H10F2N4O/c1-6-10-7(11(13)14)5-9(15-12(10)19-17-6)8-3-4-18(2)16-8/h3-5,11H,1-2H3. The molecule has 3 rings (SSSR count). The van der Waals surface area contributed by atoms with Crippen LogP contribution in [0.15, 0.2) is 22.9 Å². The predicted molar refractivity (Wildman–Crippen MR) is 63.7 cm³/mol. The summed E-state index contributed by atoms with van der Waals surface area (Å²) in [6.45, 7) is 1.61. The van der Waals surface area contributed by atoms with Gasteiger partial charge >= 0.3 is 0 Å². The van der Waals surface area contributed by atoms with Crippen LogP contribution in [0.1, 0.15) is 17.7 Å². The Labute approximate surface area is 106 Å². The highest BCUT2D eigenvalue weighted by atomic mass is 19.3. The molecule has 0 bridgehead atoms. The van der Waals surface area contributed by atoms with Gasteiger partial charge in [0.1, 0.15) is 5.69 Å². The second kappa shape index (κ2) is 4.11. The van der Waals surface area contributed by atoms with Crippen molar-refractivity contribution in [2.45, 2.75) is 13.3 Å². The number of halogens is 2. The lowest BCUT2D eigenvalue weighted by atomic mass is 10.1. The summed E-state index contributed by atoms with van der Waals surface area (Å²) in [5, 5.41) is 8.10. The number of fused-ring (bicyclic) bond motifs is 1. The highest BCUT2D eigenvalue weighted by Crippen LogP contribution is 2.32. The molecule has 0 radical (unpaired) electrons. The lowest BCUT2D eigenvalue weighted by Gasteiger charge is -2.03. The molecule has 0 fully saturated rings. The van der Waals surface area contributed by atoms with E-state index in [1.165, 1.54) is 6.07 Å². The second-order valence-electron chi connectivity index (χ2n) is 4.22. The van der Waals surface area contributed by atoms with Crippen molar-refractivity contribution in [2.24, 2.45) is 7.05 Å². The van der Waals surface area contributed by atoms with Crippen LogP contribution in [0.5, 0.6) is 0 Å². The summed E-state index contributed by atoms with van der Waals surface area (Å²) >= 11 is 0. The molecule has 0 N–H and O–H groups in total. The van der Waals surface area contributed by atoms with Gasteiger partial charge in [-0.25, -0.2) is 13.8 Å². The maximum atomic E-state index is 13.1. The summed E-state index contributed by atoms with van der Waals surface area (Å²) in [5.74, 6) is 0. The number of rotatable bonds is 2. The van der Waals surface area contributed by atoms with Crippen LogP contribution in [0, 0.1) is 6.92 Å². The summed E-state index contributed by atoms with van der Waals surface area (Å²) < 4.78 is 32.8. The molecule has 0 aromatic carbocycles. The van der Waals surface area contributed by atoms with Crippen LogP contribution in [0.2, 0.25) is 0 Å². The number of nitrogens with zero attached hydrogens (tertiary/aromatic N) is 4. The van der Waals surface area contributed by atoms with Gasteiger partial charge in [-0.3, -0.25) is 4.68 Å². The van der Waals surface area contributed by atoms with E-state index in [-0.39, 0.29) is 16.7 Å². The zero-order chi connectivity index (χ0) is 13.6. The van der Waals surface area contributed by atoms with Gasteiger partial charge in [0.15, 0.2) is 0 Å². The first-order valence-corrected chi connectivity index (χ1v) is 5.61. The van der Waals surface area contributed by atoms with E-state index in [0.717, 1.165) is 0 Å². The summed E-state index contributed by atoms with van der Waals surface area (Å²) in [7, 11) is 1.74. The molecule has 3 aromatic heterocycles. The Kier molecular flexibility index (Phi) is 2.55. The first-order chi connectivity index (χ1) is 9.06. The molecule has 0 aliphatic carbocycles. The minimum atomic E-state index is -2.62. The normalized spacial score (nSPS) is 11.6. The van der Waals surface area contributed by atoms with Crippen molar-refractivity contribution in [3.8, 4) is 11.4 Å². The van der Waals surface area contributed by atoms with Crippen molar-refractivity contribution in [3.05, 3.63) is 29.6 Å². The minimum Gasteiger partial charge on any atom is -0.336 e. The Morgan fingerprint density at radius 1 is 1.32 bits per heavy atom. The van der Waals surface area contributed by atoms with Crippen LogP contribution in [0.3, 0.4) is 0 Å². The largest absolute Gasteiger partial charge is 0.336 e. The zero-order valence-corrected chi connectivity index (χ0v) is 10.3. The van der Waals surface area contributed by atoms with E-state index >= 15 is 0 Å². The molecular weight excluding hydrogens is 254 g/mol. The Balaban J connectivity index is 2.28. The lowest BCUT2D eigenvalue weighted by molar-refractivity contribution is 0.153. The molecule has 0 aliphatic rings. The van der Waals surface area contributed by atoms with Crippen molar-refractivity contribution >= 4 is 11.1 Å². The van der Waals surface area contributed by atoms with Gasteiger partial charge in [0.2, 0.25) is 0 Å². The number of pyridine rings is 1. The molecule has 0 atom stereocenters. The molecule has 0 aliphatic heterocycles. The summed E-state index contributed by atoms with van der Waals surface area (Å²) in [6.07, 6.45) is -0.902. The van der Waals surface area contributed by atoms with Crippen molar-refractivity contribution in [1.82, 2.24) is 19.9 Å². The third kappa shape index (κ3) is 1.87. The van der Waals surface area contributed by atoms with E-state index in [1.54, 1.807) is 30.9 Å². The predicted octanol–water partition coefficient (Wildman–Crippen LogP) is 2.87. The van der Waals surface area contributed by atoms with Crippen molar-refractivity contribution in [1.29, 1.82) is 0 Å². The smallest absolute Gasteiger partial charge is 0.264 e. The number of aromatic nitrogens is 4. The zero-order valence-electron chi connectivity index (χ0n) is 10.3. The molecular formula is C12H10F2N4O. The van der Waals surface area contributed by atoms with Gasteiger partial charge in [-0.1, -0.05) is 5.16 Å². The third-order valence-electron chi connectivity index (χ3n) is 2.86. The van der Waals surface area contributed by atoms with Crippen LogP contribution in [-0.2, 0) is 7.05 Å². The first kappa shape index (κ1) is 11.8. The average Bonchev–Trinajstić information content (AvgIpc) is 2.95. The van der Waals surface area contributed by atoms with Gasteiger partial charge in [0.05, 0.1) is 16.8 Å². The van der Waals surface area contributed by atoms with Crippen molar-refractivity contribution < 1.29 is 13.3 Å². The highest BCUT2D eigenvalue weighted by molar-refractivity contribution is 5.82. The van der Waals surface area contributed by atoms with E-state index in [1.807, 2.05) is 0 Å². The van der Waals surface area contributed by atoms with Crippen molar-refractivity contribution in [3.63, 3.8) is 0 Å². The van der Waals surface area contributed by atoms with Gasteiger partial charge < -0.3 is 4.52 Å². The quantitative estimate of drug-likeness (QED) is 0.714. The molecule has 3 aromatic rings. The second-order valence-corrected chi connectivity index (χ2v) is 4.22. The molecule has 5 nitrogen and oxygen atoms in total. The van der Waals surface area contributed by atoms with Gasteiger partial charge in [-0.2, -0.15) is 5.10 Å². The molecule has 0 saturated heterocycles. The van der Waals surface area contributed by atoms with Gasteiger partial charge in [-0.05, 0) is 19.1 Å². The summed E-state index contributed by atoms with van der Waals surface area (Å²) in [5.41, 5.74) is 1.24. The number of alkyl halides is 2. The van der Waals surface area contributed by atoms with Crippen LogP contribution >= 0.6 is 0 Å². The average molecular weight is 264 g/mol. The summed E-state index contributed by atoms with van der Waals surface area (Å²) in [6, 6.07) is 3.03. The minimum absolute atomic E-state index is 0.107. The monoisotopic (exact) mass is 264 g/mol. The van der Waals surface area contributed by atoms with Crippen LogP contribution in [0.4, 0.5) is 8.78 Å². The summed E-state index contributed by atoms with van der Waals surface area (Å²) in [4.78, 5) is 4.18. The van der Waals surface area contributed by atoms with E-state index < -0.39 is 6.43 Å². The molecule has 19 heavy (non-hydrogen) atoms. The molecule has 0 unspecified atom stereocenters. The van der Waals surface area contributed by atoms with Crippen LogP contribution < -0.4 is 0 Å². The fraction of sp³-hybridized carbons (Fsp3) is 0.250. The van der Waals surface area contributed by atoms with Gasteiger partial charge in [0.25, 0.3) is 12.1 Å². The number of hydrogen-bond donors (Lipinski definition) is 0. The fourth-order valence-electron chi connectivity index (χ4n) is 1.98. The Morgan fingerprint density at radius 2 is 2.11 bits per heavy atom. The number of hydrogen-bond acceptors (Lipinski definition) is 4. The molecule has 0 saturated carbocycles. The molecule has 3 heterocycles. The fourth-order valence-corrected chi connectivity index (χ4v) is 1.98. The van der Waals surface area contributed by atoms with Crippen LogP contribution in [0.25, 0.3) is 22.5 Å². The number of aryl methyl sites for hydroxylation is 2.